The molecule has 0 atom stereocenters. The molecule has 70 valence electrons. The first-order valence-electron chi connectivity index (χ1n) is 5.01. The second-order valence-electron chi connectivity index (χ2n) is 3.50. The first-order chi connectivity index (χ1) is 5.84. The van der Waals surface area contributed by atoms with Gasteiger partial charge in [0.15, 0.2) is 5.12 Å². The van der Waals surface area contributed by atoms with Gasteiger partial charge in [-0.25, -0.2) is 0 Å². The zero-order chi connectivity index (χ0) is 8.81. The Morgan fingerprint density at radius 1 is 1.33 bits per heavy atom. The molecule has 1 saturated carbocycles. The lowest BCUT2D eigenvalue weighted by Crippen LogP contribution is -2.14. The van der Waals surface area contributed by atoms with E-state index in [0.29, 0.717) is 11.0 Å². The third-order valence-corrected chi connectivity index (χ3v) is 3.62. The molecule has 0 aliphatic heterocycles. The first kappa shape index (κ1) is 10.1. The second-order valence-corrected chi connectivity index (χ2v) is 4.60. The van der Waals surface area contributed by atoms with Crippen LogP contribution in [0, 0.1) is 5.92 Å². The van der Waals surface area contributed by atoms with E-state index in [1.54, 1.807) is 11.8 Å². The molecule has 0 unspecified atom stereocenters. The standard InChI is InChI=1S/C10H18OS/c1-2-8-12-10(11)9-6-4-3-5-7-9/h9H,2-8H2,1H3. The van der Waals surface area contributed by atoms with E-state index in [1.807, 2.05) is 0 Å². The molecule has 1 rings (SSSR count). The Kier molecular flexibility index (Phi) is 4.74. The van der Waals surface area contributed by atoms with Gasteiger partial charge in [0.2, 0.25) is 0 Å². The Labute approximate surface area is 79.3 Å². The molecule has 0 amide bonds. The largest absolute Gasteiger partial charge is 0.287 e. The lowest BCUT2D eigenvalue weighted by molar-refractivity contribution is -0.115. The predicted octanol–water partition coefficient (Wildman–Crippen LogP) is 3.24. The molecular formula is C10H18OS. The average molecular weight is 186 g/mol. The second kappa shape index (κ2) is 5.63. The summed E-state index contributed by atoms with van der Waals surface area (Å²) in [7, 11) is 0. The molecule has 0 aromatic heterocycles. The van der Waals surface area contributed by atoms with Gasteiger partial charge in [0.25, 0.3) is 0 Å². The minimum Gasteiger partial charge on any atom is -0.287 e. The maximum Gasteiger partial charge on any atom is 0.192 e. The van der Waals surface area contributed by atoms with Crippen LogP contribution >= 0.6 is 11.8 Å². The minimum atomic E-state index is 0.398. The molecule has 0 aromatic rings. The third-order valence-electron chi connectivity index (χ3n) is 2.39. The van der Waals surface area contributed by atoms with Gasteiger partial charge in [-0.15, -0.1) is 0 Å². The maximum absolute atomic E-state index is 11.5. The lowest BCUT2D eigenvalue weighted by atomic mass is 9.90. The molecule has 2 heteroatoms. The van der Waals surface area contributed by atoms with Crippen molar-refractivity contribution >= 4 is 16.9 Å². The molecule has 0 spiro atoms. The van der Waals surface area contributed by atoms with Crippen LogP contribution in [0.5, 0.6) is 0 Å². The zero-order valence-electron chi connectivity index (χ0n) is 7.84. The van der Waals surface area contributed by atoms with Crippen molar-refractivity contribution in [2.45, 2.75) is 45.4 Å². The van der Waals surface area contributed by atoms with Gasteiger partial charge in [0, 0.05) is 11.7 Å². The van der Waals surface area contributed by atoms with Crippen molar-refractivity contribution in [2.75, 3.05) is 5.75 Å². The summed E-state index contributed by atoms with van der Waals surface area (Å²) < 4.78 is 0. The highest BCUT2D eigenvalue weighted by atomic mass is 32.2. The van der Waals surface area contributed by atoms with Gasteiger partial charge in [-0.2, -0.15) is 0 Å². The van der Waals surface area contributed by atoms with Crippen molar-refractivity contribution in [3.05, 3.63) is 0 Å². The molecule has 1 nitrogen and oxygen atoms in total. The van der Waals surface area contributed by atoms with Crippen molar-refractivity contribution in [1.82, 2.24) is 0 Å². The zero-order valence-corrected chi connectivity index (χ0v) is 8.66. The summed E-state index contributed by atoms with van der Waals surface area (Å²) in [4.78, 5) is 11.5. The Hall–Kier alpha value is 0.0200. The molecule has 0 heterocycles. The van der Waals surface area contributed by atoms with Gasteiger partial charge in [-0.3, -0.25) is 4.79 Å². The van der Waals surface area contributed by atoms with E-state index < -0.39 is 0 Å². The Bertz CT molecular complexity index is 139. The fourth-order valence-corrected chi connectivity index (χ4v) is 2.54. The summed E-state index contributed by atoms with van der Waals surface area (Å²) in [5.41, 5.74) is 0. The molecule has 0 bridgehead atoms. The highest BCUT2D eigenvalue weighted by Gasteiger charge is 2.20. The van der Waals surface area contributed by atoms with Crippen LogP contribution < -0.4 is 0 Å². The molecule has 1 aliphatic rings. The van der Waals surface area contributed by atoms with Crippen molar-refractivity contribution in [2.24, 2.45) is 5.92 Å². The van der Waals surface area contributed by atoms with E-state index in [4.69, 9.17) is 0 Å². The predicted molar refractivity (Wildman–Crippen MR) is 54.3 cm³/mol. The van der Waals surface area contributed by atoms with Crippen molar-refractivity contribution in [3.8, 4) is 0 Å². The van der Waals surface area contributed by atoms with Crippen LogP contribution in [-0.4, -0.2) is 10.9 Å². The number of rotatable bonds is 3. The molecule has 0 radical (unpaired) electrons. The van der Waals surface area contributed by atoms with Crippen LogP contribution in [0.15, 0.2) is 0 Å². The summed E-state index contributed by atoms with van der Waals surface area (Å²) in [6.45, 7) is 2.13. The highest BCUT2D eigenvalue weighted by molar-refractivity contribution is 8.13. The Morgan fingerprint density at radius 2 is 2.00 bits per heavy atom. The summed E-state index contributed by atoms with van der Waals surface area (Å²) in [5.74, 6) is 1.41. The maximum atomic E-state index is 11.5. The molecular weight excluding hydrogens is 168 g/mol. The van der Waals surface area contributed by atoms with E-state index in [2.05, 4.69) is 6.92 Å². The Morgan fingerprint density at radius 3 is 2.58 bits per heavy atom. The monoisotopic (exact) mass is 186 g/mol. The van der Waals surface area contributed by atoms with Gasteiger partial charge >= 0.3 is 0 Å². The topological polar surface area (TPSA) is 17.1 Å². The van der Waals surface area contributed by atoms with Crippen molar-refractivity contribution in [3.63, 3.8) is 0 Å². The molecule has 1 aliphatic carbocycles. The minimum absolute atomic E-state index is 0.398. The van der Waals surface area contributed by atoms with E-state index in [9.17, 15) is 4.79 Å². The number of hydrogen-bond acceptors (Lipinski definition) is 2. The first-order valence-corrected chi connectivity index (χ1v) is 5.99. The third kappa shape index (κ3) is 3.18. The highest BCUT2D eigenvalue weighted by Crippen LogP contribution is 2.28. The molecule has 0 saturated heterocycles. The van der Waals surface area contributed by atoms with Crippen molar-refractivity contribution < 1.29 is 4.79 Å². The van der Waals surface area contributed by atoms with Crippen LogP contribution in [-0.2, 0) is 4.79 Å². The fourth-order valence-electron chi connectivity index (χ4n) is 1.66. The number of hydrogen-bond donors (Lipinski definition) is 0. The van der Waals surface area contributed by atoms with Crippen LogP contribution in [0.2, 0.25) is 0 Å². The van der Waals surface area contributed by atoms with E-state index in [-0.39, 0.29) is 0 Å². The van der Waals surface area contributed by atoms with Gasteiger partial charge < -0.3 is 0 Å². The lowest BCUT2D eigenvalue weighted by Gasteiger charge is -2.19. The smallest absolute Gasteiger partial charge is 0.192 e. The Balaban J connectivity index is 2.20. The van der Waals surface area contributed by atoms with Crippen LogP contribution in [0.3, 0.4) is 0 Å². The van der Waals surface area contributed by atoms with Gasteiger partial charge in [0.1, 0.15) is 0 Å². The molecule has 12 heavy (non-hydrogen) atoms. The van der Waals surface area contributed by atoms with E-state index in [1.165, 1.54) is 19.3 Å². The van der Waals surface area contributed by atoms with Crippen LogP contribution in [0.1, 0.15) is 45.4 Å². The molecule has 0 aromatic carbocycles. The number of carbonyl (C=O) groups is 1. The van der Waals surface area contributed by atoms with Crippen molar-refractivity contribution in [1.29, 1.82) is 0 Å². The summed E-state index contributed by atoms with van der Waals surface area (Å²) in [5, 5.41) is 0.455. The van der Waals surface area contributed by atoms with Crippen LogP contribution in [0.25, 0.3) is 0 Å². The van der Waals surface area contributed by atoms with Gasteiger partial charge in [0.05, 0.1) is 0 Å². The number of carbonyl (C=O) groups excluding carboxylic acids is 1. The van der Waals surface area contributed by atoms with E-state index in [0.717, 1.165) is 25.0 Å². The molecule has 0 N–H and O–H groups in total. The summed E-state index contributed by atoms with van der Waals surface area (Å²) in [6, 6.07) is 0. The quantitative estimate of drug-likeness (QED) is 0.673. The SMILES string of the molecule is CCCSC(=O)C1CCCCC1. The average Bonchev–Trinajstić information content (AvgIpc) is 2.15. The summed E-state index contributed by atoms with van der Waals surface area (Å²) in [6.07, 6.45) is 7.28. The number of thioether (sulfide) groups is 1. The van der Waals surface area contributed by atoms with E-state index >= 15 is 0 Å². The summed E-state index contributed by atoms with van der Waals surface area (Å²) >= 11 is 1.54. The normalized spacial score (nSPS) is 19.4. The van der Waals surface area contributed by atoms with Gasteiger partial charge in [-0.05, 0) is 19.3 Å². The van der Waals surface area contributed by atoms with Gasteiger partial charge in [-0.1, -0.05) is 37.9 Å². The van der Waals surface area contributed by atoms with Crippen LogP contribution in [0.4, 0.5) is 0 Å². The molecule has 1 fully saturated rings. The fraction of sp³-hybridized carbons (Fsp3) is 0.900.